The van der Waals surface area contributed by atoms with Crippen LogP contribution in [0.25, 0.3) is 0 Å². The molecule has 1 rings (SSSR count). The second kappa shape index (κ2) is 5.18. The Bertz CT molecular complexity index is 364. The van der Waals surface area contributed by atoms with Crippen LogP contribution in [-0.4, -0.2) is 25.4 Å². The fourth-order valence-corrected chi connectivity index (χ4v) is 1.60. The molecule has 0 radical (unpaired) electrons. The Labute approximate surface area is 96.0 Å². The highest BCUT2D eigenvalue weighted by Gasteiger charge is 2.17. The maximum Gasteiger partial charge on any atom is 0.161 e. The molecule has 0 fully saturated rings. The van der Waals surface area contributed by atoms with Crippen LogP contribution in [0.2, 0.25) is 0 Å². The van der Waals surface area contributed by atoms with E-state index in [-0.39, 0.29) is 6.04 Å². The molecule has 0 saturated heterocycles. The van der Waals surface area contributed by atoms with E-state index in [1.165, 1.54) is 0 Å². The maximum atomic E-state index is 9.94. The minimum absolute atomic E-state index is 0.322. The number of nitrogens with two attached hydrogens (primary N) is 1. The number of benzene rings is 1. The van der Waals surface area contributed by atoms with Crippen molar-refractivity contribution in [2.45, 2.75) is 26.0 Å². The van der Waals surface area contributed by atoms with Crippen molar-refractivity contribution < 1.29 is 14.6 Å². The molecule has 4 heteroatoms. The summed E-state index contributed by atoms with van der Waals surface area (Å²) in [6.45, 7) is 3.67. The van der Waals surface area contributed by atoms with Gasteiger partial charge in [-0.2, -0.15) is 0 Å². The maximum absolute atomic E-state index is 9.94. The third-order valence-corrected chi connectivity index (χ3v) is 2.59. The number of methoxy groups -OCH3 is 2. The quantitative estimate of drug-likeness (QED) is 0.812. The molecule has 1 aromatic rings. The van der Waals surface area contributed by atoms with Gasteiger partial charge in [0.15, 0.2) is 11.5 Å². The second-order valence-corrected chi connectivity index (χ2v) is 3.87. The Kier molecular flexibility index (Phi) is 4.15. The van der Waals surface area contributed by atoms with E-state index in [0.717, 1.165) is 11.1 Å². The summed E-state index contributed by atoms with van der Waals surface area (Å²) in [5.41, 5.74) is 7.38. The fraction of sp³-hybridized carbons (Fsp3) is 0.500. The lowest BCUT2D eigenvalue weighted by molar-refractivity contribution is 0.152. The van der Waals surface area contributed by atoms with Crippen LogP contribution in [0.15, 0.2) is 12.1 Å². The lowest BCUT2D eigenvalue weighted by Gasteiger charge is -2.19. The molecular weight excluding hydrogens is 206 g/mol. The van der Waals surface area contributed by atoms with Crippen LogP contribution in [0.3, 0.4) is 0 Å². The van der Waals surface area contributed by atoms with Gasteiger partial charge in [-0.15, -0.1) is 0 Å². The minimum atomic E-state index is -0.695. The fourth-order valence-electron chi connectivity index (χ4n) is 1.60. The molecule has 1 aromatic carbocycles. The van der Waals surface area contributed by atoms with E-state index < -0.39 is 6.10 Å². The molecule has 0 saturated carbocycles. The highest BCUT2D eigenvalue weighted by molar-refractivity contribution is 5.47. The molecule has 0 heterocycles. The Morgan fingerprint density at radius 1 is 1.19 bits per heavy atom. The van der Waals surface area contributed by atoms with E-state index in [0.29, 0.717) is 11.5 Å². The van der Waals surface area contributed by atoms with Gasteiger partial charge < -0.3 is 20.3 Å². The average Bonchev–Trinajstić information content (AvgIpc) is 2.27. The van der Waals surface area contributed by atoms with Crippen molar-refractivity contribution in [3.63, 3.8) is 0 Å². The van der Waals surface area contributed by atoms with Gasteiger partial charge in [0.2, 0.25) is 0 Å². The summed E-state index contributed by atoms with van der Waals surface area (Å²) in [7, 11) is 3.15. The molecule has 4 nitrogen and oxygen atoms in total. The lowest BCUT2D eigenvalue weighted by atomic mass is 9.98. The molecule has 0 aliphatic rings. The molecule has 0 spiro atoms. The van der Waals surface area contributed by atoms with Gasteiger partial charge in [-0.05, 0) is 37.1 Å². The van der Waals surface area contributed by atoms with Crippen LogP contribution in [0.5, 0.6) is 11.5 Å². The van der Waals surface area contributed by atoms with E-state index in [4.69, 9.17) is 15.2 Å². The summed E-state index contributed by atoms with van der Waals surface area (Å²) in [6, 6.07) is 3.28. The van der Waals surface area contributed by atoms with E-state index in [2.05, 4.69) is 0 Å². The van der Waals surface area contributed by atoms with Gasteiger partial charge in [0.05, 0.1) is 20.3 Å². The molecule has 0 aliphatic heterocycles. The molecule has 2 unspecified atom stereocenters. The van der Waals surface area contributed by atoms with Crippen molar-refractivity contribution in [3.8, 4) is 11.5 Å². The van der Waals surface area contributed by atoms with E-state index >= 15 is 0 Å². The Morgan fingerprint density at radius 2 is 1.69 bits per heavy atom. The van der Waals surface area contributed by atoms with Crippen molar-refractivity contribution >= 4 is 0 Å². The van der Waals surface area contributed by atoms with Gasteiger partial charge in [-0.3, -0.25) is 0 Å². The van der Waals surface area contributed by atoms with Gasteiger partial charge in [0.1, 0.15) is 0 Å². The van der Waals surface area contributed by atoms with Crippen LogP contribution in [-0.2, 0) is 0 Å². The SMILES string of the molecule is COc1cc(C)c(C(O)C(C)N)cc1OC. The zero-order valence-electron chi connectivity index (χ0n) is 10.2. The van der Waals surface area contributed by atoms with Crippen molar-refractivity contribution in [1.29, 1.82) is 0 Å². The third-order valence-electron chi connectivity index (χ3n) is 2.59. The second-order valence-electron chi connectivity index (χ2n) is 3.87. The van der Waals surface area contributed by atoms with Crippen molar-refractivity contribution in [2.75, 3.05) is 14.2 Å². The van der Waals surface area contributed by atoms with Crippen LogP contribution in [0, 0.1) is 6.92 Å². The molecule has 0 aromatic heterocycles. The number of aliphatic hydroxyl groups excluding tert-OH is 1. The van der Waals surface area contributed by atoms with Gasteiger partial charge in [0, 0.05) is 6.04 Å². The Balaban J connectivity index is 3.21. The van der Waals surface area contributed by atoms with E-state index in [9.17, 15) is 5.11 Å². The first-order valence-corrected chi connectivity index (χ1v) is 5.17. The molecular formula is C12H19NO3. The highest BCUT2D eigenvalue weighted by Crippen LogP contribution is 2.33. The largest absolute Gasteiger partial charge is 0.493 e. The number of aryl methyl sites for hydroxylation is 1. The predicted octanol–water partition coefficient (Wildman–Crippen LogP) is 1.39. The molecule has 0 amide bonds. The molecule has 90 valence electrons. The summed E-state index contributed by atoms with van der Waals surface area (Å²) in [6.07, 6.45) is -0.695. The standard InChI is InChI=1S/C12H19NO3/c1-7-5-10(15-3)11(16-4)6-9(7)12(14)8(2)13/h5-6,8,12,14H,13H2,1-4H3. The zero-order valence-corrected chi connectivity index (χ0v) is 10.2. The lowest BCUT2D eigenvalue weighted by Crippen LogP contribution is -2.25. The third kappa shape index (κ3) is 2.46. The van der Waals surface area contributed by atoms with Crippen molar-refractivity contribution in [1.82, 2.24) is 0 Å². The summed E-state index contributed by atoms with van der Waals surface area (Å²) in [4.78, 5) is 0. The first kappa shape index (κ1) is 12.8. The molecule has 16 heavy (non-hydrogen) atoms. The van der Waals surface area contributed by atoms with Crippen LogP contribution in [0.1, 0.15) is 24.2 Å². The molecule has 0 aliphatic carbocycles. The smallest absolute Gasteiger partial charge is 0.161 e. The molecule has 2 atom stereocenters. The average molecular weight is 225 g/mol. The molecule has 0 bridgehead atoms. The summed E-state index contributed by atoms with van der Waals surface area (Å²) < 4.78 is 10.4. The van der Waals surface area contributed by atoms with E-state index in [1.807, 2.05) is 13.0 Å². The van der Waals surface area contributed by atoms with Gasteiger partial charge >= 0.3 is 0 Å². The van der Waals surface area contributed by atoms with Crippen LogP contribution in [0.4, 0.5) is 0 Å². The van der Waals surface area contributed by atoms with Crippen molar-refractivity contribution in [3.05, 3.63) is 23.3 Å². The number of hydrogen-bond acceptors (Lipinski definition) is 4. The van der Waals surface area contributed by atoms with Crippen molar-refractivity contribution in [2.24, 2.45) is 5.73 Å². The number of hydrogen-bond donors (Lipinski definition) is 2. The molecule has 3 N–H and O–H groups in total. The first-order valence-electron chi connectivity index (χ1n) is 5.17. The normalized spacial score (nSPS) is 14.4. The minimum Gasteiger partial charge on any atom is -0.493 e. The van der Waals surface area contributed by atoms with Crippen LogP contribution >= 0.6 is 0 Å². The summed E-state index contributed by atoms with van der Waals surface area (Å²) in [5, 5.41) is 9.94. The monoisotopic (exact) mass is 225 g/mol. The summed E-state index contributed by atoms with van der Waals surface area (Å²) >= 11 is 0. The topological polar surface area (TPSA) is 64.7 Å². The summed E-state index contributed by atoms with van der Waals surface area (Å²) in [5.74, 6) is 1.25. The first-order chi connectivity index (χ1) is 7.51. The van der Waals surface area contributed by atoms with E-state index in [1.54, 1.807) is 27.2 Å². The van der Waals surface area contributed by atoms with Crippen LogP contribution < -0.4 is 15.2 Å². The number of rotatable bonds is 4. The number of aliphatic hydroxyl groups is 1. The van der Waals surface area contributed by atoms with Gasteiger partial charge in [-0.25, -0.2) is 0 Å². The van der Waals surface area contributed by atoms with Gasteiger partial charge in [-0.1, -0.05) is 0 Å². The highest BCUT2D eigenvalue weighted by atomic mass is 16.5. The van der Waals surface area contributed by atoms with Gasteiger partial charge in [0.25, 0.3) is 0 Å². The Morgan fingerprint density at radius 3 is 2.12 bits per heavy atom. The predicted molar refractivity (Wildman–Crippen MR) is 62.9 cm³/mol. The Hall–Kier alpha value is -1.26. The zero-order chi connectivity index (χ0) is 12.3. The number of ether oxygens (including phenoxy) is 2.